The van der Waals surface area contributed by atoms with Crippen molar-refractivity contribution in [2.75, 3.05) is 15.5 Å². The van der Waals surface area contributed by atoms with Gasteiger partial charge in [-0.25, -0.2) is 4.90 Å². The summed E-state index contributed by atoms with van der Waals surface area (Å²) in [6, 6.07) is 25.4. The second-order valence-corrected chi connectivity index (χ2v) is 11.0. The lowest BCUT2D eigenvalue weighted by atomic mass is 10.2. The molecule has 1 saturated heterocycles. The number of carbonyl (C=O) groups excluding carboxylic acids is 5. The number of aromatic nitrogens is 1. The van der Waals surface area contributed by atoms with Crippen molar-refractivity contribution < 1.29 is 24.0 Å². The number of benzene rings is 3. The van der Waals surface area contributed by atoms with Crippen LogP contribution in [-0.2, 0) is 19.2 Å². The number of rotatable bonds is 9. The summed E-state index contributed by atoms with van der Waals surface area (Å²) >= 11 is 1.26. The lowest BCUT2D eigenvalue weighted by molar-refractivity contribution is -0.121. The second kappa shape index (κ2) is 13.6. The van der Waals surface area contributed by atoms with Crippen LogP contribution in [0.5, 0.6) is 0 Å². The summed E-state index contributed by atoms with van der Waals surface area (Å²) in [6.45, 7) is 1.40. The minimum atomic E-state index is -0.611. The Balaban J connectivity index is 1.24. The highest BCUT2D eigenvalue weighted by Gasteiger charge is 2.40. The van der Waals surface area contributed by atoms with Crippen LogP contribution in [0.1, 0.15) is 29.3 Å². The molecule has 220 valence electrons. The van der Waals surface area contributed by atoms with E-state index in [1.807, 2.05) is 0 Å². The number of thioether (sulfide) groups is 1. The zero-order chi connectivity index (χ0) is 31.1. The van der Waals surface area contributed by atoms with Gasteiger partial charge < -0.3 is 16.0 Å². The van der Waals surface area contributed by atoms with Gasteiger partial charge in [0, 0.05) is 47.6 Å². The molecule has 3 N–H and O–H groups in total. The summed E-state index contributed by atoms with van der Waals surface area (Å²) in [5.74, 6) is -1.82. The summed E-state index contributed by atoms with van der Waals surface area (Å²) in [5, 5.41) is 7.52. The molecule has 0 bridgehead atoms. The Morgan fingerprint density at radius 1 is 0.864 bits per heavy atom. The molecule has 1 atom stereocenters. The van der Waals surface area contributed by atoms with Crippen LogP contribution in [0.2, 0.25) is 0 Å². The van der Waals surface area contributed by atoms with Crippen molar-refractivity contribution in [3.8, 4) is 0 Å². The average Bonchev–Trinajstić information content (AvgIpc) is 3.30. The molecule has 4 aromatic rings. The van der Waals surface area contributed by atoms with E-state index in [2.05, 4.69) is 20.9 Å². The van der Waals surface area contributed by atoms with Gasteiger partial charge in [0.25, 0.3) is 11.8 Å². The molecule has 0 spiro atoms. The van der Waals surface area contributed by atoms with E-state index in [0.717, 1.165) is 9.80 Å². The number of hydrogen-bond donors (Lipinski definition) is 3. The quantitative estimate of drug-likeness (QED) is 0.183. The van der Waals surface area contributed by atoms with Crippen molar-refractivity contribution in [3.05, 3.63) is 120 Å². The lowest BCUT2D eigenvalue weighted by Gasteiger charge is -2.15. The molecule has 1 unspecified atom stereocenters. The summed E-state index contributed by atoms with van der Waals surface area (Å²) in [7, 11) is 0. The predicted octanol–water partition coefficient (Wildman–Crippen LogP) is 4.87. The van der Waals surface area contributed by atoms with E-state index < -0.39 is 17.1 Å². The van der Waals surface area contributed by atoms with E-state index in [9.17, 15) is 24.0 Å². The van der Waals surface area contributed by atoms with Gasteiger partial charge in [-0.1, -0.05) is 24.3 Å². The van der Waals surface area contributed by atoms with Crippen LogP contribution in [0.4, 0.5) is 17.1 Å². The molecule has 5 rings (SSSR count). The van der Waals surface area contributed by atoms with Gasteiger partial charge in [-0.3, -0.25) is 29.0 Å². The number of imide groups is 1. The van der Waals surface area contributed by atoms with Gasteiger partial charge in [0.2, 0.25) is 17.7 Å². The number of nitrogens with zero attached hydrogens (tertiary/aromatic N) is 2. The third kappa shape index (κ3) is 7.44. The topological polar surface area (TPSA) is 138 Å². The molecule has 44 heavy (non-hydrogen) atoms. The summed E-state index contributed by atoms with van der Waals surface area (Å²) in [5.41, 5.74) is 2.54. The van der Waals surface area contributed by atoms with Gasteiger partial charge in [-0.15, -0.1) is 11.8 Å². The fraction of sp³-hybridized carbons (Fsp3) is 0.0909. The first-order valence-electron chi connectivity index (χ1n) is 13.6. The maximum atomic E-state index is 13.2. The van der Waals surface area contributed by atoms with Gasteiger partial charge in [0.1, 0.15) is 5.70 Å². The fourth-order valence-electron chi connectivity index (χ4n) is 4.41. The standard InChI is InChI=1S/C33H27N5O5S/c1-21(39)35-24-9-13-26(14-10-24)38-30(40)19-29(33(38)43)44-27-15-11-25(12-16-27)36-32(42)28(18-22-6-5-17-34-20-22)37-31(41)23-7-3-2-4-8-23/h2-18,20,29H,19H2,1H3,(H,35,39)(H,36,42)(H,37,41)/b28-18-. The van der Waals surface area contributed by atoms with Crippen molar-refractivity contribution in [1.82, 2.24) is 10.3 Å². The molecule has 2 heterocycles. The van der Waals surface area contributed by atoms with Gasteiger partial charge in [0.15, 0.2) is 0 Å². The second-order valence-electron chi connectivity index (χ2n) is 9.75. The van der Waals surface area contributed by atoms with Gasteiger partial charge >= 0.3 is 0 Å². The Bertz CT molecular complexity index is 1730. The van der Waals surface area contributed by atoms with Crippen LogP contribution in [0.15, 0.2) is 114 Å². The first-order chi connectivity index (χ1) is 21.3. The lowest BCUT2D eigenvalue weighted by Crippen LogP contribution is -2.31. The molecule has 10 nitrogen and oxygen atoms in total. The highest BCUT2D eigenvalue weighted by atomic mass is 32.2. The van der Waals surface area contributed by atoms with E-state index in [-0.39, 0.29) is 29.8 Å². The smallest absolute Gasteiger partial charge is 0.272 e. The average molecular weight is 606 g/mol. The highest BCUT2D eigenvalue weighted by molar-refractivity contribution is 8.00. The van der Waals surface area contributed by atoms with Gasteiger partial charge in [-0.05, 0) is 78.4 Å². The van der Waals surface area contributed by atoms with Crippen molar-refractivity contribution >= 4 is 64.4 Å². The number of carbonyl (C=O) groups is 5. The van der Waals surface area contributed by atoms with Crippen molar-refractivity contribution in [2.24, 2.45) is 0 Å². The number of pyridine rings is 1. The SMILES string of the molecule is CC(=O)Nc1ccc(N2C(=O)CC(Sc3ccc(NC(=O)/C(=C/c4cccnc4)NC(=O)c4ccccc4)cc3)C2=O)cc1. The molecule has 0 aliphatic carbocycles. The number of amides is 5. The molecule has 0 radical (unpaired) electrons. The van der Waals surface area contributed by atoms with E-state index in [4.69, 9.17) is 0 Å². The normalized spacial score (nSPS) is 14.7. The molecular weight excluding hydrogens is 578 g/mol. The minimum absolute atomic E-state index is 0.0329. The van der Waals surface area contributed by atoms with Crippen LogP contribution >= 0.6 is 11.8 Å². The first-order valence-corrected chi connectivity index (χ1v) is 14.5. The highest BCUT2D eigenvalue weighted by Crippen LogP contribution is 2.34. The van der Waals surface area contributed by atoms with Crippen LogP contribution in [-0.4, -0.2) is 39.8 Å². The Hall–Kier alpha value is -5.55. The number of hydrogen-bond acceptors (Lipinski definition) is 7. The Morgan fingerprint density at radius 2 is 1.55 bits per heavy atom. The fourth-order valence-corrected chi connectivity index (χ4v) is 5.47. The largest absolute Gasteiger partial charge is 0.326 e. The summed E-state index contributed by atoms with van der Waals surface area (Å²) < 4.78 is 0. The van der Waals surface area contributed by atoms with Crippen LogP contribution in [0, 0.1) is 0 Å². The van der Waals surface area contributed by atoms with Crippen molar-refractivity contribution in [3.63, 3.8) is 0 Å². The van der Waals surface area contributed by atoms with Crippen molar-refractivity contribution in [2.45, 2.75) is 23.5 Å². The molecule has 11 heteroatoms. The Morgan fingerprint density at radius 3 is 2.20 bits per heavy atom. The molecule has 3 aromatic carbocycles. The molecule has 1 aromatic heterocycles. The van der Waals surface area contributed by atoms with E-state index in [1.165, 1.54) is 24.8 Å². The van der Waals surface area contributed by atoms with Crippen LogP contribution < -0.4 is 20.9 Å². The Labute approximate surface area is 257 Å². The summed E-state index contributed by atoms with van der Waals surface area (Å²) in [6.07, 6.45) is 4.76. The predicted molar refractivity (Wildman–Crippen MR) is 169 cm³/mol. The minimum Gasteiger partial charge on any atom is -0.326 e. The molecule has 5 amide bonds. The molecule has 0 saturated carbocycles. The number of nitrogens with one attached hydrogen (secondary N) is 3. The monoisotopic (exact) mass is 605 g/mol. The molecular formula is C33H27N5O5S. The maximum Gasteiger partial charge on any atom is 0.272 e. The number of anilines is 3. The van der Waals surface area contributed by atoms with Crippen molar-refractivity contribution in [1.29, 1.82) is 0 Å². The summed E-state index contributed by atoms with van der Waals surface area (Å²) in [4.78, 5) is 69.1. The van der Waals surface area contributed by atoms with Gasteiger partial charge in [-0.2, -0.15) is 0 Å². The third-order valence-electron chi connectivity index (χ3n) is 6.47. The van der Waals surface area contributed by atoms with E-state index in [0.29, 0.717) is 28.2 Å². The van der Waals surface area contributed by atoms with Crippen LogP contribution in [0.3, 0.4) is 0 Å². The third-order valence-corrected chi connectivity index (χ3v) is 7.66. The van der Waals surface area contributed by atoms with E-state index in [1.54, 1.807) is 103 Å². The zero-order valence-corrected chi connectivity index (χ0v) is 24.3. The van der Waals surface area contributed by atoms with Gasteiger partial charge in [0.05, 0.1) is 10.9 Å². The molecule has 1 fully saturated rings. The maximum absolute atomic E-state index is 13.2. The molecule has 1 aliphatic rings. The zero-order valence-electron chi connectivity index (χ0n) is 23.5. The first kappa shape index (κ1) is 29.9. The van der Waals surface area contributed by atoms with Crippen LogP contribution in [0.25, 0.3) is 6.08 Å². The van der Waals surface area contributed by atoms with E-state index >= 15 is 0 Å². The Kier molecular flexibility index (Phi) is 9.26. The molecule has 1 aliphatic heterocycles.